The molecule has 0 aliphatic heterocycles. The van der Waals surface area contributed by atoms with Gasteiger partial charge in [-0.05, 0) is 12.3 Å². The van der Waals surface area contributed by atoms with Crippen molar-refractivity contribution < 1.29 is 9.90 Å². The molecule has 1 rings (SSSR count). The highest BCUT2D eigenvalue weighted by molar-refractivity contribution is 5.87. The minimum atomic E-state index is -0.947. The van der Waals surface area contributed by atoms with Crippen LogP contribution in [0.4, 0.5) is 0 Å². The van der Waals surface area contributed by atoms with Crippen LogP contribution >= 0.6 is 0 Å². The second kappa shape index (κ2) is 5.43. The van der Waals surface area contributed by atoms with Crippen LogP contribution in [0.3, 0.4) is 0 Å². The molecule has 0 heterocycles. The Labute approximate surface area is 84.0 Å². The molecule has 0 amide bonds. The Morgan fingerprint density at radius 3 is 2.57 bits per heavy atom. The maximum Gasteiger partial charge on any atom is 0.332 e. The molecule has 1 fully saturated rings. The SMILES string of the molecule is N#C/C=C(/CC1CCCCC1)C(=O)O. The quantitative estimate of drug-likeness (QED) is 0.553. The van der Waals surface area contributed by atoms with E-state index in [0.717, 1.165) is 18.9 Å². The molecule has 3 heteroatoms. The zero-order valence-corrected chi connectivity index (χ0v) is 8.20. The zero-order chi connectivity index (χ0) is 10.4. The van der Waals surface area contributed by atoms with Crippen molar-refractivity contribution in [1.29, 1.82) is 5.26 Å². The summed E-state index contributed by atoms with van der Waals surface area (Å²) in [5.74, 6) is -0.475. The van der Waals surface area contributed by atoms with Gasteiger partial charge in [0.15, 0.2) is 0 Å². The van der Waals surface area contributed by atoms with E-state index >= 15 is 0 Å². The fraction of sp³-hybridized carbons (Fsp3) is 0.636. The average Bonchev–Trinajstić information content (AvgIpc) is 2.18. The third kappa shape index (κ3) is 3.21. The summed E-state index contributed by atoms with van der Waals surface area (Å²) < 4.78 is 0. The van der Waals surface area contributed by atoms with Gasteiger partial charge in [-0.1, -0.05) is 32.1 Å². The lowest BCUT2D eigenvalue weighted by atomic mass is 9.84. The number of rotatable bonds is 3. The molecule has 1 saturated carbocycles. The standard InChI is InChI=1S/C11H15NO2/c12-7-6-10(11(13)14)8-9-4-2-1-3-5-9/h6,9H,1-5,8H2,(H,13,14)/b10-6-. The summed E-state index contributed by atoms with van der Waals surface area (Å²) >= 11 is 0. The molecule has 3 nitrogen and oxygen atoms in total. The van der Waals surface area contributed by atoms with E-state index in [9.17, 15) is 4.79 Å². The molecule has 1 aliphatic carbocycles. The number of carboxylic acids is 1. The van der Waals surface area contributed by atoms with Crippen LogP contribution in [-0.4, -0.2) is 11.1 Å². The Hall–Kier alpha value is -1.30. The van der Waals surface area contributed by atoms with Gasteiger partial charge in [0.1, 0.15) is 0 Å². The van der Waals surface area contributed by atoms with Crippen molar-refractivity contribution in [2.24, 2.45) is 5.92 Å². The van der Waals surface area contributed by atoms with E-state index in [2.05, 4.69) is 0 Å². The van der Waals surface area contributed by atoms with Crippen LogP contribution in [0.5, 0.6) is 0 Å². The van der Waals surface area contributed by atoms with Crippen LogP contribution in [0.15, 0.2) is 11.6 Å². The second-order valence-electron chi connectivity index (χ2n) is 3.81. The van der Waals surface area contributed by atoms with E-state index in [1.165, 1.54) is 19.3 Å². The molecule has 1 N–H and O–H groups in total. The van der Waals surface area contributed by atoms with Gasteiger partial charge >= 0.3 is 5.97 Å². The second-order valence-corrected chi connectivity index (χ2v) is 3.81. The van der Waals surface area contributed by atoms with E-state index in [1.54, 1.807) is 6.07 Å². The Kier molecular flexibility index (Phi) is 4.18. The topological polar surface area (TPSA) is 61.1 Å². The Morgan fingerprint density at radius 1 is 1.43 bits per heavy atom. The van der Waals surface area contributed by atoms with Crippen molar-refractivity contribution in [1.82, 2.24) is 0 Å². The number of hydrogen-bond acceptors (Lipinski definition) is 2. The summed E-state index contributed by atoms with van der Waals surface area (Å²) in [6, 6.07) is 1.80. The highest BCUT2D eigenvalue weighted by Crippen LogP contribution is 2.28. The number of allylic oxidation sites excluding steroid dienone is 1. The lowest BCUT2D eigenvalue weighted by molar-refractivity contribution is -0.132. The molecule has 1 aliphatic rings. The summed E-state index contributed by atoms with van der Waals surface area (Å²) in [7, 11) is 0. The fourth-order valence-corrected chi connectivity index (χ4v) is 1.99. The summed E-state index contributed by atoms with van der Waals surface area (Å²) in [6.45, 7) is 0. The first-order chi connectivity index (χ1) is 6.74. The number of nitriles is 1. The van der Waals surface area contributed by atoms with Crippen molar-refractivity contribution >= 4 is 5.97 Å². The van der Waals surface area contributed by atoms with Gasteiger partial charge in [0.25, 0.3) is 0 Å². The van der Waals surface area contributed by atoms with Crippen molar-refractivity contribution in [3.05, 3.63) is 11.6 Å². The largest absolute Gasteiger partial charge is 0.478 e. The highest BCUT2D eigenvalue weighted by Gasteiger charge is 2.18. The summed E-state index contributed by atoms with van der Waals surface area (Å²) in [5, 5.41) is 17.2. The van der Waals surface area contributed by atoms with E-state index < -0.39 is 5.97 Å². The van der Waals surface area contributed by atoms with Gasteiger partial charge in [-0.15, -0.1) is 0 Å². The number of carbonyl (C=O) groups is 1. The third-order valence-corrected chi connectivity index (χ3v) is 2.75. The molecule has 0 aromatic carbocycles. The molecule has 0 unspecified atom stereocenters. The van der Waals surface area contributed by atoms with E-state index in [1.807, 2.05) is 0 Å². The van der Waals surface area contributed by atoms with Crippen molar-refractivity contribution in [2.75, 3.05) is 0 Å². The van der Waals surface area contributed by atoms with Gasteiger partial charge in [0.2, 0.25) is 0 Å². The number of carboxylic acid groups (broad SMARTS) is 1. The van der Waals surface area contributed by atoms with Crippen LogP contribution < -0.4 is 0 Å². The molecule has 0 spiro atoms. The Bertz CT molecular complexity index is 270. The number of aliphatic carboxylic acids is 1. The highest BCUT2D eigenvalue weighted by atomic mass is 16.4. The molecule has 76 valence electrons. The minimum Gasteiger partial charge on any atom is -0.478 e. The van der Waals surface area contributed by atoms with E-state index in [-0.39, 0.29) is 5.57 Å². The monoisotopic (exact) mass is 193 g/mol. The third-order valence-electron chi connectivity index (χ3n) is 2.75. The number of hydrogen-bond donors (Lipinski definition) is 1. The predicted octanol–water partition coefficient (Wildman–Crippen LogP) is 2.49. The first-order valence-corrected chi connectivity index (χ1v) is 5.06. The molecule has 0 aromatic heterocycles. The predicted molar refractivity (Wildman–Crippen MR) is 52.5 cm³/mol. The molecule has 14 heavy (non-hydrogen) atoms. The van der Waals surface area contributed by atoms with Crippen LogP contribution in [-0.2, 0) is 4.79 Å². The summed E-state index contributed by atoms with van der Waals surface area (Å²) in [5.41, 5.74) is 0.263. The molecule has 0 radical (unpaired) electrons. The first-order valence-electron chi connectivity index (χ1n) is 5.06. The maximum absolute atomic E-state index is 10.7. The van der Waals surface area contributed by atoms with Crippen molar-refractivity contribution in [3.8, 4) is 6.07 Å². The van der Waals surface area contributed by atoms with Gasteiger partial charge in [-0.3, -0.25) is 0 Å². The Balaban J connectivity index is 2.51. The van der Waals surface area contributed by atoms with E-state index in [0.29, 0.717) is 12.3 Å². The van der Waals surface area contributed by atoms with Gasteiger partial charge in [0, 0.05) is 11.6 Å². The molecule has 0 bridgehead atoms. The lowest BCUT2D eigenvalue weighted by Gasteiger charge is -2.21. The fourth-order valence-electron chi connectivity index (χ4n) is 1.99. The minimum absolute atomic E-state index is 0.263. The van der Waals surface area contributed by atoms with E-state index in [4.69, 9.17) is 10.4 Å². The molecular formula is C11H15NO2. The van der Waals surface area contributed by atoms with Crippen molar-refractivity contribution in [2.45, 2.75) is 38.5 Å². The van der Waals surface area contributed by atoms with Gasteiger partial charge in [-0.25, -0.2) is 4.79 Å². The van der Waals surface area contributed by atoms with Gasteiger partial charge in [0.05, 0.1) is 6.07 Å². The normalized spacial score (nSPS) is 18.9. The van der Waals surface area contributed by atoms with Gasteiger partial charge < -0.3 is 5.11 Å². The smallest absolute Gasteiger partial charge is 0.332 e. The van der Waals surface area contributed by atoms with Crippen LogP contribution in [0, 0.1) is 17.2 Å². The lowest BCUT2D eigenvalue weighted by Crippen LogP contribution is -2.11. The summed E-state index contributed by atoms with van der Waals surface area (Å²) in [4.78, 5) is 10.7. The van der Waals surface area contributed by atoms with Crippen LogP contribution in [0.1, 0.15) is 38.5 Å². The van der Waals surface area contributed by atoms with Crippen molar-refractivity contribution in [3.63, 3.8) is 0 Å². The summed E-state index contributed by atoms with van der Waals surface area (Å²) in [6.07, 6.45) is 7.60. The molecular weight excluding hydrogens is 178 g/mol. The van der Waals surface area contributed by atoms with Gasteiger partial charge in [-0.2, -0.15) is 5.26 Å². The molecule has 0 saturated heterocycles. The molecule has 0 aromatic rings. The zero-order valence-electron chi connectivity index (χ0n) is 8.20. The maximum atomic E-state index is 10.7. The molecule has 0 atom stereocenters. The Morgan fingerprint density at radius 2 is 2.07 bits per heavy atom. The van der Waals surface area contributed by atoms with Crippen LogP contribution in [0.25, 0.3) is 0 Å². The van der Waals surface area contributed by atoms with Crippen LogP contribution in [0.2, 0.25) is 0 Å². The average molecular weight is 193 g/mol. The first kappa shape index (κ1) is 10.8. The number of nitrogens with zero attached hydrogens (tertiary/aromatic N) is 1.